The molecule has 7 heteroatoms. The maximum atomic E-state index is 11.8. The zero-order valence-corrected chi connectivity index (χ0v) is 13.2. The number of carbonyl (C=O) groups is 2. The van der Waals surface area contributed by atoms with E-state index in [0.717, 1.165) is 4.47 Å². The number of benzene rings is 1. The van der Waals surface area contributed by atoms with Crippen molar-refractivity contribution in [3.63, 3.8) is 0 Å². The van der Waals surface area contributed by atoms with Gasteiger partial charge in [-0.15, -0.1) is 0 Å². The molecule has 0 fully saturated rings. The molecule has 0 saturated carbocycles. The van der Waals surface area contributed by atoms with E-state index in [9.17, 15) is 9.59 Å². The Hall–Kier alpha value is -1.89. The summed E-state index contributed by atoms with van der Waals surface area (Å²) in [7, 11) is 0. The molecular weight excluding hydrogens is 340 g/mol. The summed E-state index contributed by atoms with van der Waals surface area (Å²) in [5.74, 6) is -1.44. The highest BCUT2D eigenvalue weighted by Crippen LogP contribution is 2.21. The number of anilines is 1. The molecule has 0 aromatic heterocycles. The van der Waals surface area contributed by atoms with E-state index in [0.29, 0.717) is 12.1 Å². The van der Waals surface area contributed by atoms with Crippen LogP contribution in [0.15, 0.2) is 33.8 Å². The molecule has 1 aromatic carbocycles. The normalized spacial score (nSPS) is 11.0. The van der Waals surface area contributed by atoms with Crippen LogP contribution in [0.25, 0.3) is 0 Å². The topological polar surface area (TPSA) is 88.0 Å². The van der Waals surface area contributed by atoms with Crippen molar-refractivity contribution in [1.82, 2.24) is 0 Å². The first-order valence-electron chi connectivity index (χ1n) is 6.50. The van der Waals surface area contributed by atoms with Crippen molar-refractivity contribution >= 4 is 39.3 Å². The Kier molecular flexibility index (Phi) is 7.45. The number of nitrogens with one attached hydrogen (secondary N) is 1. The average molecular weight is 357 g/mol. The number of esters is 1. The van der Waals surface area contributed by atoms with Crippen molar-refractivity contribution in [1.29, 1.82) is 0 Å². The predicted molar refractivity (Wildman–Crippen MR) is 83.3 cm³/mol. The highest BCUT2D eigenvalue weighted by molar-refractivity contribution is 9.10. The quantitative estimate of drug-likeness (QED) is 0.424. The predicted octanol–water partition coefficient (Wildman–Crippen LogP) is 3.04. The summed E-state index contributed by atoms with van der Waals surface area (Å²) in [6.45, 7) is 1.94. The summed E-state index contributed by atoms with van der Waals surface area (Å²) < 4.78 is 5.72. The molecule has 0 heterocycles. The van der Waals surface area contributed by atoms with Crippen molar-refractivity contribution < 1.29 is 19.4 Å². The molecule has 114 valence electrons. The molecule has 2 N–H and O–H groups in total. The highest BCUT2D eigenvalue weighted by atomic mass is 79.9. The number of carboxylic acids is 1. The van der Waals surface area contributed by atoms with Crippen LogP contribution in [0.1, 0.15) is 26.2 Å². The molecule has 0 bridgehead atoms. The van der Waals surface area contributed by atoms with E-state index in [1.165, 1.54) is 0 Å². The Morgan fingerprint density at radius 3 is 2.67 bits per heavy atom. The van der Waals surface area contributed by atoms with Crippen molar-refractivity contribution in [2.75, 3.05) is 12.0 Å². The van der Waals surface area contributed by atoms with Crippen LogP contribution in [-0.4, -0.2) is 29.4 Å². The largest absolute Gasteiger partial charge is 0.481 e. The summed E-state index contributed by atoms with van der Waals surface area (Å²) in [5.41, 5.74) is 3.66. The number of para-hydroxylation sites is 1. The van der Waals surface area contributed by atoms with Crippen LogP contribution in [0.3, 0.4) is 0 Å². The molecule has 1 aromatic rings. The molecule has 0 aliphatic carbocycles. The number of ether oxygens (including phenoxy) is 1. The second-order valence-electron chi connectivity index (χ2n) is 4.12. The Morgan fingerprint density at radius 2 is 2.05 bits per heavy atom. The van der Waals surface area contributed by atoms with Gasteiger partial charge in [0.05, 0.1) is 12.3 Å². The summed E-state index contributed by atoms with van der Waals surface area (Å²) in [6, 6.07) is 7.33. The minimum Gasteiger partial charge on any atom is -0.481 e. The second kappa shape index (κ2) is 9.12. The Labute approximate surface area is 131 Å². The molecule has 0 atom stereocenters. The first-order valence-corrected chi connectivity index (χ1v) is 7.30. The average Bonchev–Trinajstić information content (AvgIpc) is 2.44. The van der Waals surface area contributed by atoms with Crippen LogP contribution in [0.5, 0.6) is 0 Å². The lowest BCUT2D eigenvalue weighted by Gasteiger charge is -2.07. The smallest absolute Gasteiger partial charge is 0.354 e. The van der Waals surface area contributed by atoms with Gasteiger partial charge in [0, 0.05) is 10.9 Å². The standard InChI is InChI=1S/C14H17BrN2O4/c1-2-21-14(20)12(8-5-9-13(18)19)17-16-11-7-4-3-6-10(11)15/h3-4,6-7,16H,2,5,8-9H2,1H3,(H,18,19). The number of hydrogen-bond donors (Lipinski definition) is 2. The third-order valence-corrected chi connectivity index (χ3v) is 3.19. The van der Waals surface area contributed by atoms with Gasteiger partial charge in [0.15, 0.2) is 0 Å². The van der Waals surface area contributed by atoms with Gasteiger partial charge < -0.3 is 9.84 Å². The molecule has 6 nitrogen and oxygen atoms in total. The zero-order valence-electron chi connectivity index (χ0n) is 11.6. The van der Waals surface area contributed by atoms with Crippen LogP contribution in [0.4, 0.5) is 5.69 Å². The Morgan fingerprint density at radius 1 is 1.33 bits per heavy atom. The lowest BCUT2D eigenvalue weighted by molar-refractivity contribution is -0.137. The van der Waals surface area contributed by atoms with Gasteiger partial charge >= 0.3 is 11.9 Å². The highest BCUT2D eigenvalue weighted by Gasteiger charge is 2.13. The number of rotatable bonds is 8. The van der Waals surface area contributed by atoms with Crippen molar-refractivity contribution in [3.05, 3.63) is 28.7 Å². The lowest BCUT2D eigenvalue weighted by atomic mass is 10.1. The first kappa shape index (κ1) is 17.2. The van der Waals surface area contributed by atoms with Crippen LogP contribution in [-0.2, 0) is 14.3 Å². The van der Waals surface area contributed by atoms with Gasteiger partial charge in [-0.2, -0.15) is 5.10 Å². The summed E-state index contributed by atoms with van der Waals surface area (Å²) >= 11 is 3.36. The lowest BCUT2D eigenvalue weighted by Crippen LogP contribution is -2.19. The number of hydrazone groups is 1. The van der Waals surface area contributed by atoms with Crippen LogP contribution < -0.4 is 5.43 Å². The minimum absolute atomic E-state index is 0.0204. The fourth-order valence-corrected chi connectivity index (χ4v) is 1.88. The Bertz CT molecular complexity index is 531. The van der Waals surface area contributed by atoms with Crippen molar-refractivity contribution in [3.8, 4) is 0 Å². The maximum Gasteiger partial charge on any atom is 0.354 e. The van der Waals surface area contributed by atoms with E-state index in [2.05, 4.69) is 26.5 Å². The third kappa shape index (κ3) is 6.40. The number of carbonyl (C=O) groups excluding carboxylic acids is 1. The molecule has 0 radical (unpaired) electrons. The molecule has 0 aliphatic rings. The van der Waals surface area contributed by atoms with Crippen LogP contribution >= 0.6 is 15.9 Å². The molecule has 1 rings (SSSR count). The van der Waals surface area contributed by atoms with Crippen molar-refractivity contribution in [2.24, 2.45) is 5.10 Å². The van der Waals surface area contributed by atoms with E-state index in [1.54, 1.807) is 13.0 Å². The van der Waals surface area contributed by atoms with Gasteiger partial charge in [0.25, 0.3) is 0 Å². The van der Waals surface area contributed by atoms with E-state index < -0.39 is 11.9 Å². The summed E-state index contributed by atoms with van der Waals surface area (Å²) in [4.78, 5) is 22.3. The number of nitrogens with zero attached hydrogens (tertiary/aromatic N) is 1. The first-order chi connectivity index (χ1) is 10.0. The fraction of sp³-hybridized carbons (Fsp3) is 0.357. The van der Waals surface area contributed by atoms with Gasteiger partial charge in [-0.05, 0) is 47.8 Å². The Balaban J connectivity index is 2.74. The zero-order chi connectivity index (χ0) is 15.7. The minimum atomic E-state index is -0.906. The van der Waals surface area contributed by atoms with E-state index in [1.807, 2.05) is 18.2 Å². The molecule has 0 aliphatic heterocycles. The maximum absolute atomic E-state index is 11.8. The molecule has 0 saturated heterocycles. The number of carboxylic acid groups (broad SMARTS) is 1. The van der Waals surface area contributed by atoms with Gasteiger partial charge in [0.2, 0.25) is 0 Å². The van der Waals surface area contributed by atoms with Gasteiger partial charge in [0.1, 0.15) is 5.71 Å². The van der Waals surface area contributed by atoms with Crippen LogP contribution in [0.2, 0.25) is 0 Å². The number of hydrogen-bond acceptors (Lipinski definition) is 5. The number of aliphatic carboxylic acids is 1. The monoisotopic (exact) mass is 356 g/mol. The summed E-state index contributed by atoms with van der Waals surface area (Å²) in [6.07, 6.45) is 0.542. The molecule has 0 amide bonds. The summed E-state index contributed by atoms with van der Waals surface area (Å²) in [5, 5.41) is 12.7. The fourth-order valence-electron chi connectivity index (χ4n) is 1.50. The number of halogens is 1. The van der Waals surface area contributed by atoms with E-state index >= 15 is 0 Å². The second-order valence-corrected chi connectivity index (χ2v) is 4.97. The van der Waals surface area contributed by atoms with Gasteiger partial charge in [-0.1, -0.05) is 12.1 Å². The third-order valence-electron chi connectivity index (χ3n) is 2.50. The molecule has 0 unspecified atom stereocenters. The van der Waals surface area contributed by atoms with Gasteiger partial charge in [-0.3, -0.25) is 10.2 Å². The molecule has 21 heavy (non-hydrogen) atoms. The molecular formula is C14H17BrN2O4. The van der Waals surface area contributed by atoms with Crippen molar-refractivity contribution in [2.45, 2.75) is 26.2 Å². The van der Waals surface area contributed by atoms with E-state index in [-0.39, 0.29) is 25.2 Å². The van der Waals surface area contributed by atoms with Crippen LogP contribution in [0, 0.1) is 0 Å². The SMILES string of the molecule is CCOC(=O)C(CCCC(=O)O)=NNc1ccccc1Br. The van der Waals surface area contributed by atoms with Gasteiger partial charge in [-0.25, -0.2) is 4.79 Å². The van der Waals surface area contributed by atoms with E-state index in [4.69, 9.17) is 9.84 Å². The molecule has 0 spiro atoms.